The molecule has 2 aromatic carbocycles. The molecule has 0 unspecified atom stereocenters. The first-order valence-electron chi connectivity index (χ1n) is 8.70. The summed E-state index contributed by atoms with van der Waals surface area (Å²) in [7, 11) is 0. The molecule has 0 aromatic heterocycles. The Morgan fingerprint density at radius 1 is 1.07 bits per heavy atom. The van der Waals surface area contributed by atoms with E-state index in [9.17, 15) is 14.4 Å². The van der Waals surface area contributed by atoms with Crippen molar-refractivity contribution >= 4 is 17.8 Å². The molecule has 0 aliphatic carbocycles. The number of hydrogen-bond acceptors (Lipinski definition) is 6. The number of hydrogen-bond donors (Lipinski definition) is 2. The first-order valence-corrected chi connectivity index (χ1v) is 8.70. The van der Waals surface area contributed by atoms with Gasteiger partial charge >= 0.3 is 5.97 Å². The van der Waals surface area contributed by atoms with E-state index in [1.54, 1.807) is 49.4 Å². The Labute approximate surface area is 161 Å². The second-order valence-electron chi connectivity index (χ2n) is 6.11. The predicted molar refractivity (Wildman–Crippen MR) is 98.9 cm³/mol. The molecule has 8 nitrogen and oxygen atoms in total. The van der Waals surface area contributed by atoms with E-state index in [2.05, 4.69) is 10.6 Å². The highest BCUT2D eigenvalue weighted by Gasteiger charge is 2.17. The van der Waals surface area contributed by atoms with E-state index in [4.69, 9.17) is 14.2 Å². The topological polar surface area (TPSA) is 103 Å². The number of amides is 2. The fourth-order valence-electron chi connectivity index (χ4n) is 2.59. The summed E-state index contributed by atoms with van der Waals surface area (Å²) in [4.78, 5) is 35.6. The van der Waals surface area contributed by atoms with Gasteiger partial charge in [-0.1, -0.05) is 24.3 Å². The Bertz CT molecular complexity index is 868. The van der Waals surface area contributed by atoms with Gasteiger partial charge in [0.2, 0.25) is 6.79 Å². The Morgan fingerprint density at radius 2 is 1.82 bits per heavy atom. The molecular formula is C20H20N2O6. The van der Waals surface area contributed by atoms with E-state index < -0.39 is 24.4 Å². The Balaban J connectivity index is 1.40. The van der Waals surface area contributed by atoms with Crippen molar-refractivity contribution in [1.82, 2.24) is 10.6 Å². The van der Waals surface area contributed by atoms with Gasteiger partial charge in [0.05, 0.1) is 6.04 Å². The van der Waals surface area contributed by atoms with Crippen molar-refractivity contribution in [2.24, 2.45) is 0 Å². The molecule has 0 bridgehead atoms. The van der Waals surface area contributed by atoms with Crippen LogP contribution in [0.1, 0.15) is 28.9 Å². The normalized spacial score (nSPS) is 12.8. The number of nitrogens with one attached hydrogen (secondary N) is 2. The van der Waals surface area contributed by atoms with Crippen LogP contribution in [0.3, 0.4) is 0 Å². The first-order chi connectivity index (χ1) is 13.5. The van der Waals surface area contributed by atoms with E-state index in [-0.39, 0.29) is 19.4 Å². The van der Waals surface area contributed by atoms with Crippen LogP contribution in [0.25, 0.3) is 0 Å². The van der Waals surface area contributed by atoms with Crippen LogP contribution in [-0.2, 0) is 14.3 Å². The molecule has 8 heteroatoms. The maximum atomic E-state index is 12.0. The second-order valence-corrected chi connectivity index (χ2v) is 6.11. The summed E-state index contributed by atoms with van der Waals surface area (Å²) in [6.45, 7) is 1.22. The van der Waals surface area contributed by atoms with Gasteiger partial charge in [-0.05, 0) is 36.8 Å². The zero-order chi connectivity index (χ0) is 19.9. The highest BCUT2D eigenvalue weighted by Crippen LogP contribution is 2.34. The molecule has 2 aromatic rings. The zero-order valence-corrected chi connectivity index (χ0v) is 15.3. The van der Waals surface area contributed by atoms with E-state index >= 15 is 0 Å². The molecule has 3 rings (SSSR count). The van der Waals surface area contributed by atoms with Gasteiger partial charge in [0.15, 0.2) is 18.1 Å². The highest BCUT2D eigenvalue weighted by atomic mass is 16.7. The minimum absolute atomic E-state index is 0.177. The average molecular weight is 384 g/mol. The number of fused-ring (bicyclic) bond motifs is 1. The molecule has 1 aliphatic rings. The van der Waals surface area contributed by atoms with Gasteiger partial charge in [0, 0.05) is 5.56 Å². The SMILES string of the molecule is C[C@@H](NC(=O)COC(=O)CNC(=O)c1ccccc1)c1ccc2c(c1)OCO2. The third-order valence-electron chi connectivity index (χ3n) is 4.07. The number of carbonyl (C=O) groups excluding carboxylic acids is 3. The molecule has 0 saturated carbocycles. The number of ether oxygens (including phenoxy) is 3. The average Bonchev–Trinajstić information content (AvgIpc) is 3.19. The van der Waals surface area contributed by atoms with Gasteiger partial charge in [0.25, 0.3) is 11.8 Å². The number of carbonyl (C=O) groups is 3. The van der Waals surface area contributed by atoms with Gasteiger partial charge in [-0.25, -0.2) is 0 Å². The van der Waals surface area contributed by atoms with Crippen molar-refractivity contribution < 1.29 is 28.6 Å². The lowest BCUT2D eigenvalue weighted by atomic mass is 10.1. The minimum Gasteiger partial charge on any atom is -0.454 e. The minimum atomic E-state index is -0.699. The van der Waals surface area contributed by atoms with Gasteiger partial charge in [-0.15, -0.1) is 0 Å². The molecule has 0 radical (unpaired) electrons. The molecule has 28 heavy (non-hydrogen) atoms. The molecule has 1 heterocycles. The van der Waals surface area contributed by atoms with Gasteiger partial charge in [-0.3, -0.25) is 14.4 Å². The summed E-state index contributed by atoms with van der Waals surface area (Å²) in [5.74, 6) is -0.255. The van der Waals surface area contributed by atoms with Gasteiger partial charge < -0.3 is 24.8 Å². The van der Waals surface area contributed by atoms with Gasteiger partial charge in [0.1, 0.15) is 6.54 Å². The van der Waals surface area contributed by atoms with Crippen LogP contribution in [0, 0.1) is 0 Å². The summed E-state index contributed by atoms with van der Waals surface area (Å²) in [5, 5.41) is 5.18. The third-order valence-corrected chi connectivity index (χ3v) is 4.07. The third kappa shape index (κ3) is 5.00. The molecule has 2 amide bonds. The molecule has 1 aliphatic heterocycles. The number of esters is 1. The van der Waals surface area contributed by atoms with Crippen molar-refractivity contribution in [3.63, 3.8) is 0 Å². The standard InChI is InChI=1S/C20H20N2O6/c1-13(15-7-8-16-17(9-15)28-12-27-16)22-18(23)11-26-19(24)10-21-20(25)14-5-3-2-4-6-14/h2-9,13H,10-12H2,1H3,(H,21,25)(H,22,23)/t13-/m1/s1. The molecule has 1 atom stereocenters. The summed E-state index contributed by atoms with van der Waals surface area (Å²) < 4.78 is 15.5. The Kier molecular flexibility index (Phi) is 6.11. The van der Waals surface area contributed by atoms with E-state index in [0.717, 1.165) is 5.56 Å². The van der Waals surface area contributed by atoms with Crippen molar-refractivity contribution in [2.45, 2.75) is 13.0 Å². The monoisotopic (exact) mass is 384 g/mol. The number of benzene rings is 2. The molecule has 0 fully saturated rings. The van der Waals surface area contributed by atoms with Crippen LogP contribution >= 0.6 is 0 Å². The quantitative estimate of drug-likeness (QED) is 0.703. The van der Waals surface area contributed by atoms with E-state index in [1.807, 2.05) is 6.07 Å². The maximum Gasteiger partial charge on any atom is 0.325 e. The molecular weight excluding hydrogens is 364 g/mol. The van der Waals surface area contributed by atoms with E-state index in [1.165, 1.54) is 0 Å². The zero-order valence-electron chi connectivity index (χ0n) is 15.3. The summed E-state index contributed by atoms with van der Waals surface area (Å²) in [6.07, 6.45) is 0. The number of rotatable bonds is 7. The van der Waals surface area contributed by atoms with Crippen molar-refractivity contribution in [2.75, 3.05) is 19.9 Å². The Hall–Kier alpha value is -3.55. The predicted octanol–water partition coefficient (Wildman–Crippen LogP) is 1.57. The van der Waals surface area contributed by atoms with Crippen molar-refractivity contribution in [3.8, 4) is 11.5 Å². The lowest BCUT2D eigenvalue weighted by molar-refractivity contribution is -0.147. The van der Waals surface area contributed by atoms with Crippen LogP contribution in [-0.4, -0.2) is 37.7 Å². The van der Waals surface area contributed by atoms with Crippen LogP contribution in [0.5, 0.6) is 11.5 Å². The van der Waals surface area contributed by atoms with Crippen molar-refractivity contribution in [1.29, 1.82) is 0 Å². The maximum absolute atomic E-state index is 12.0. The smallest absolute Gasteiger partial charge is 0.325 e. The van der Waals surface area contributed by atoms with Gasteiger partial charge in [-0.2, -0.15) is 0 Å². The van der Waals surface area contributed by atoms with Crippen LogP contribution < -0.4 is 20.1 Å². The van der Waals surface area contributed by atoms with Crippen LogP contribution in [0.4, 0.5) is 0 Å². The molecule has 0 spiro atoms. The fourth-order valence-corrected chi connectivity index (χ4v) is 2.59. The Morgan fingerprint density at radius 3 is 2.61 bits per heavy atom. The first kappa shape index (κ1) is 19.2. The largest absolute Gasteiger partial charge is 0.454 e. The summed E-state index contributed by atoms with van der Waals surface area (Å²) in [6, 6.07) is 13.6. The van der Waals surface area contributed by atoms with Crippen LogP contribution in [0.2, 0.25) is 0 Å². The highest BCUT2D eigenvalue weighted by molar-refractivity contribution is 5.96. The summed E-state index contributed by atoms with van der Waals surface area (Å²) in [5.41, 5.74) is 1.27. The lowest BCUT2D eigenvalue weighted by Crippen LogP contribution is -2.34. The molecule has 146 valence electrons. The second kappa shape index (κ2) is 8.90. The van der Waals surface area contributed by atoms with Crippen LogP contribution in [0.15, 0.2) is 48.5 Å². The molecule has 2 N–H and O–H groups in total. The van der Waals surface area contributed by atoms with E-state index in [0.29, 0.717) is 17.1 Å². The lowest BCUT2D eigenvalue weighted by Gasteiger charge is -2.15. The fraction of sp³-hybridized carbons (Fsp3) is 0.250. The van der Waals surface area contributed by atoms with Crippen molar-refractivity contribution in [3.05, 3.63) is 59.7 Å². The summed E-state index contributed by atoms with van der Waals surface area (Å²) >= 11 is 0. The molecule has 0 saturated heterocycles.